The number of carbonyl (C=O) groups excluding carboxylic acids is 2. The summed E-state index contributed by atoms with van der Waals surface area (Å²) < 4.78 is 4.67. The lowest BCUT2D eigenvalue weighted by Crippen LogP contribution is -2.07. The van der Waals surface area contributed by atoms with Gasteiger partial charge in [-0.2, -0.15) is 0 Å². The van der Waals surface area contributed by atoms with Gasteiger partial charge in [-0.3, -0.25) is 4.79 Å². The van der Waals surface area contributed by atoms with E-state index in [-0.39, 0.29) is 25.4 Å². The molecule has 0 fully saturated rings. The minimum Gasteiger partial charge on any atom is -0.462 e. The molecule has 0 heterocycles. The molecule has 86 valence electrons. The molecule has 0 saturated carbocycles. The molecule has 0 aliphatic rings. The van der Waals surface area contributed by atoms with Gasteiger partial charge in [0.05, 0.1) is 6.61 Å². The van der Waals surface area contributed by atoms with Gasteiger partial charge < -0.3 is 9.84 Å². The molecule has 0 aromatic rings. The number of aliphatic hydroxyl groups is 1. The summed E-state index contributed by atoms with van der Waals surface area (Å²) in [4.78, 5) is 21.8. The summed E-state index contributed by atoms with van der Waals surface area (Å²) in [5.74, 6) is -0.409. The van der Waals surface area contributed by atoms with Gasteiger partial charge in [0.15, 0.2) is 0 Å². The van der Waals surface area contributed by atoms with Crippen molar-refractivity contribution < 1.29 is 19.4 Å². The normalized spacial score (nSPS) is 9.67. The molecule has 1 N–H and O–H groups in total. The number of unbranched alkanes of at least 4 members (excludes halogenated alkanes) is 2. The van der Waals surface area contributed by atoms with E-state index >= 15 is 0 Å². The average Bonchev–Trinajstić information content (AvgIpc) is 2.24. The lowest BCUT2D eigenvalue weighted by molar-refractivity contribution is -0.138. The first-order chi connectivity index (χ1) is 7.20. The van der Waals surface area contributed by atoms with E-state index in [0.717, 1.165) is 25.3 Å². The van der Waals surface area contributed by atoms with Crippen LogP contribution in [-0.4, -0.2) is 30.1 Å². The molecule has 4 heteroatoms. The van der Waals surface area contributed by atoms with Crippen molar-refractivity contribution in [1.29, 1.82) is 0 Å². The third kappa shape index (κ3) is 9.15. The maximum atomic E-state index is 11.2. The van der Waals surface area contributed by atoms with Crippen molar-refractivity contribution in [2.75, 3.05) is 13.2 Å². The van der Waals surface area contributed by atoms with Crippen LogP contribution in [0.5, 0.6) is 0 Å². The molecular weight excluding hydrogens is 196 g/mol. The summed E-state index contributed by atoms with van der Waals surface area (Å²) in [6.07, 6.45) is 4.21. The molecule has 0 unspecified atom stereocenters. The summed E-state index contributed by atoms with van der Waals surface area (Å²) in [6, 6.07) is 0. The highest BCUT2D eigenvalue weighted by atomic mass is 16.5. The molecule has 0 atom stereocenters. The zero-order valence-electron chi connectivity index (χ0n) is 8.91. The smallest absolute Gasteiger partial charge is 0.330 e. The Kier molecular flexibility index (Phi) is 8.67. The van der Waals surface area contributed by atoms with Crippen LogP contribution in [-0.2, 0) is 14.3 Å². The fraction of sp³-hybridized carbons (Fsp3) is 0.636. The molecule has 0 rings (SSSR count). The van der Waals surface area contributed by atoms with Gasteiger partial charge in [-0.05, 0) is 12.8 Å². The van der Waals surface area contributed by atoms with E-state index in [1.54, 1.807) is 0 Å². The molecule has 0 aromatic heterocycles. The van der Waals surface area contributed by atoms with Crippen LogP contribution in [0.15, 0.2) is 12.7 Å². The van der Waals surface area contributed by atoms with Crippen LogP contribution in [0, 0.1) is 0 Å². The number of ketones is 1. The molecule has 0 saturated heterocycles. The Hall–Kier alpha value is -1.16. The Labute approximate surface area is 89.9 Å². The largest absolute Gasteiger partial charge is 0.462 e. The first kappa shape index (κ1) is 13.8. The van der Waals surface area contributed by atoms with Gasteiger partial charge in [-0.1, -0.05) is 13.0 Å². The van der Waals surface area contributed by atoms with Crippen LogP contribution < -0.4 is 0 Å². The van der Waals surface area contributed by atoms with Gasteiger partial charge >= 0.3 is 5.97 Å². The van der Waals surface area contributed by atoms with Crippen LogP contribution in [0.1, 0.15) is 32.1 Å². The van der Waals surface area contributed by atoms with Gasteiger partial charge in [0, 0.05) is 25.5 Å². The van der Waals surface area contributed by atoms with Crippen molar-refractivity contribution in [3.05, 3.63) is 12.7 Å². The zero-order valence-corrected chi connectivity index (χ0v) is 8.91. The molecule has 15 heavy (non-hydrogen) atoms. The van der Waals surface area contributed by atoms with Crippen molar-refractivity contribution >= 4 is 11.8 Å². The fourth-order valence-corrected chi connectivity index (χ4v) is 1.06. The molecule has 0 aliphatic carbocycles. The highest BCUT2D eigenvalue weighted by Gasteiger charge is 2.03. The van der Waals surface area contributed by atoms with E-state index in [0.29, 0.717) is 6.42 Å². The van der Waals surface area contributed by atoms with Crippen molar-refractivity contribution in [2.24, 2.45) is 0 Å². The predicted octanol–water partition coefficient (Wildman–Crippen LogP) is 1.23. The minimum absolute atomic E-state index is 0.0878. The first-order valence-electron chi connectivity index (χ1n) is 5.12. The van der Waals surface area contributed by atoms with E-state index in [9.17, 15) is 9.59 Å². The monoisotopic (exact) mass is 214 g/mol. The van der Waals surface area contributed by atoms with Crippen molar-refractivity contribution in [2.45, 2.75) is 32.1 Å². The Morgan fingerprint density at radius 2 is 1.93 bits per heavy atom. The number of esters is 1. The lowest BCUT2D eigenvalue weighted by atomic mass is 10.1. The molecule has 0 aromatic carbocycles. The summed E-state index contributed by atoms with van der Waals surface area (Å²) >= 11 is 0. The summed E-state index contributed by atoms with van der Waals surface area (Å²) in [5.41, 5.74) is 0. The number of ether oxygens (including phenoxy) is 1. The van der Waals surface area contributed by atoms with Crippen LogP contribution in [0.4, 0.5) is 0 Å². The molecule has 0 spiro atoms. The molecule has 0 amide bonds. The third-order valence-corrected chi connectivity index (χ3v) is 1.91. The van der Waals surface area contributed by atoms with E-state index in [4.69, 9.17) is 5.11 Å². The minimum atomic E-state index is -0.497. The van der Waals surface area contributed by atoms with Crippen LogP contribution >= 0.6 is 0 Å². The first-order valence-corrected chi connectivity index (χ1v) is 5.12. The zero-order chi connectivity index (χ0) is 11.5. The average molecular weight is 214 g/mol. The molecule has 0 radical (unpaired) electrons. The predicted molar refractivity (Wildman–Crippen MR) is 56.3 cm³/mol. The van der Waals surface area contributed by atoms with E-state index in [2.05, 4.69) is 11.3 Å². The van der Waals surface area contributed by atoms with Gasteiger partial charge in [-0.25, -0.2) is 4.79 Å². The summed E-state index contributed by atoms with van der Waals surface area (Å²) in [6.45, 7) is 3.55. The molecular formula is C11H18O4. The quantitative estimate of drug-likeness (QED) is 0.356. The topological polar surface area (TPSA) is 63.6 Å². The van der Waals surface area contributed by atoms with E-state index < -0.39 is 5.97 Å². The Bertz CT molecular complexity index is 211. The van der Waals surface area contributed by atoms with Gasteiger partial charge in [0.2, 0.25) is 0 Å². The molecule has 0 bridgehead atoms. The van der Waals surface area contributed by atoms with Crippen LogP contribution in [0.3, 0.4) is 0 Å². The third-order valence-electron chi connectivity index (χ3n) is 1.91. The van der Waals surface area contributed by atoms with Crippen molar-refractivity contribution in [3.8, 4) is 0 Å². The number of rotatable bonds is 9. The molecule has 4 nitrogen and oxygen atoms in total. The maximum Gasteiger partial charge on any atom is 0.330 e. The van der Waals surface area contributed by atoms with E-state index in [1.165, 1.54) is 0 Å². The Morgan fingerprint density at radius 1 is 1.20 bits per heavy atom. The second kappa shape index (κ2) is 9.40. The second-order valence-electron chi connectivity index (χ2n) is 3.19. The van der Waals surface area contributed by atoms with Crippen molar-refractivity contribution in [1.82, 2.24) is 0 Å². The maximum absolute atomic E-state index is 11.2. The highest BCUT2D eigenvalue weighted by Crippen LogP contribution is 2.02. The number of aliphatic hydroxyl groups excluding tert-OH is 1. The van der Waals surface area contributed by atoms with E-state index in [1.807, 2.05) is 0 Å². The molecule has 0 aliphatic heterocycles. The summed E-state index contributed by atoms with van der Waals surface area (Å²) in [5, 5.41) is 8.51. The van der Waals surface area contributed by atoms with Crippen LogP contribution in [0.25, 0.3) is 0 Å². The van der Waals surface area contributed by atoms with Gasteiger partial charge in [0.1, 0.15) is 5.78 Å². The van der Waals surface area contributed by atoms with Crippen LogP contribution in [0.2, 0.25) is 0 Å². The Morgan fingerprint density at radius 3 is 2.53 bits per heavy atom. The Balaban J connectivity index is 3.33. The number of Topliss-reactive ketones (excluding diaryl/α,β-unsaturated/α-hetero) is 1. The van der Waals surface area contributed by atoms with Gasteiger partial charge in [-0.15, -0.1) is 0 Å². The highest BCUT2D eigenvalue weighted by molar-refractivity contribution is 5.82. The fourth-order valence-electron chi connectivity index (χ4n) is 1.06. The van der Waals surface area contributed by atoms with Crippen molar-refractivity contribution in [3.63, 3.8) is 0 Å². The SMILES string of the molecule is C=CC(=O)OCCC(=O)CCCCCO. The number of carbonyl (C=O) groups is 2. The second-order valence-corrected chi connectivity index (χ2v) is 3.19. The standard InChI is InChI=1S/C11H18O4/c1-2-11(14)15-9-7-10(13)6-4-3-5-8-12/h2,12H,1,3-9H2. The van der Waals surface area contributed by atoms with Gasteiger partial charge in [0.25, 0.3) is 0 Å². The lowest BCUT2D eigenvalue weighted by Gasteiger charge is -2.01. The number of hydrogen-bond acceptors (Lipinski definition) is 4. The summed E-state index contributed by atoms with van der Waals surface area (Å²) in [7, 11) is 0. The number of hydrogen-bond donors (Lipinski definition) is 1.